The molecule has 0 spiro atoms. The zero-order valence-corrected chi connectivity index (χ0v) is 10.7. The smallest absolute Gasteiger partial charge is 0.160 e. The maximum Gasteiger partial charge on any atom is 0.160 e. The van der Waals surface area contributed by atoms with Gasteiger partial charge in [0.05, 0.1) is 0 Å². The fourth-order valence-electron chi connectivity index (χ4n) is 3.38. The molecular formula is C16H22N+. The molecule has 17 heavy (non-hydrogen) atoms. The van der Waals surface area contributed by atoms with E-state index >= 15 is 0 Å². The van der Waals surface area contributed by atoms with Crippen molar-refractivity contribution in [2.24, 2.45) is 5.92 Å². The van der Waals surface area contributed by atoms with Gasteiger partial charge < -0.3 is 0 Å². The quantitative estimate of drug-likeness (QED) is 0.540. The Kier molecular flexibility index (Phi) is 3.00. The summed E-state index contributed by atoms with van der Waals surface area (Å²) in [6, 6.07) is 9.62. The molecule has 2 aliphatic carbocycles. The summed E-state index contributed by atoms with van der Waals surface area (Å²) in [6.45, 7) is 0. The molecule has 2 aliphatic rings. The molecule has 0 N–H and O–H groups in total. The molecule has 0 radical (unpaired) electrons. The van der Waals surface area contributed by atoms with Crippen molar-refractivity contribution in [3.05, 3.63) is 35.4 Å². The SMILES string of the molecule is C/[N+](=C/C1CCCC1)C1Cc2ccccc2C1. The van der Waals surface area contributed by atoms with Crippen LogP contribution in [-0.4, -0.2) is 23.9 Å². The Morgan fingerprint density at radius 3 is 2.24 bits per heavy atom. The lowest BCUT2D eigenvalue weighted by Crippen LogP contribution is -2.26. The van der Waals surface area contributed by atoms with Crippen molar-refractivity contribution in [2.75, 3.05) is 7.05 Å². The maximum absolute atomic E-state index is 2.50. The summed E-state index contributed by atoms with van der Waals surface area (Å²) in [5.41, 5.74) is 3.12. The Morgan fingerprint density at radius 2 is 1.65 bits per heavy atom. The summed E-state index contributed by atoms with van der Waals surface area (Å²) in [5.74, 6) is 0.851. The van der Waals surface area contributed by atoms with Crippen molar-refractivity contribution in [1.82, 2.24) is 0 Å². The van der Waals surface area contributed by atoms with E-state index in [4.69, 9.17) is 0 Å². The van der Waals surface area contributed by atoms with Gasteiger partial charge in [-0.2, -0.15) is 0 Å². The highest BCUT2D eigenvalue weighted by Gasteiger charge is 2.28. The minimum Gasteiger partial charge on any atom is -0.239 e. The van der Waals surface area contributed by atoms with Crippen LogP contribution < -0.4 is 0 Å². The Bertz CT molecular complexity index is 402. The summed E-state index contributed by atoms with van der Waals surface area (Å²) in [5, 5.41) is 0. The van der Waals surface area contributed by atoms with Crippen LogP contribution in [0.4, 0.5) is 0 Å². The molecule has 1 saturated carbocycles. The molecule has 3 rings (SSSR count). The Hall–Kier alpha value is -1.11. The number of hydrogen-bond acceptors (Lipinski definition) is 0. The Balaban J connectivity index is 1.71. The van der Waals surface area contributed by atoms with Crippen molar-refractivity contribution >= 4 is 6.21 Å². The third kappa shape index (κ3) is 2.29. The summed E-state index contributed by atoms with van der Waals surface area (Å²) < 4.78 is 2.50. The zero-order valence-electron chi connectivity index (χ0n) is 10.7. The van der Waals surface area contributed by atoms with E-state index in [1.54, 1.807) is 11.1 Å². The molecule has 0 atom stereocenters. The Morgan fingerprint density at radius 1 is 1.06 bits per heavy atom. The number of rotatable bonds is 2. The summed E-state index contributed by atoms with van der Waals surface area (Å²) in [7, 11) is 2.27. The van der Waals surface area contributed by atoms with E-state index in [1.807, 2.05) is 0 Å². The lowest BCUT2D eigenvalue weighted by atomic mass is 10.1. The normalized spacial score (nSPS) is 22.1. The summed E-state index contributed by atoms with van der Waals surface area (Å²) in [4.78, 5) is 0. The van der Waals surface area contributed by atoms with Crippen molar-refractivity contribution < 1.29 is 4.58 Å². The van der Waals surface area contributed by atoms with Gasteiger partial charge in [-0.3, -0.25) is 0 Å². The minimum atomic E-state index is 0.702. The lowest BCUT2D eigenvalue weighted by molar-refractivity contribution is -0.533. The molecular weight excluding hydrogens is 206 g/mol. The minimum absolute atomic E-state index is 0.702. The first-order valence-corrected chi connectivity index (χ1v) is 6.96. The lowest BCUT2D eigenvalue weighted by Gasteiger charge is -2.07. The molecule has 1 fully saturated rings. The fourth-order valence-corrected chi connectivity index (χ4v) is 3.38. The van der Waals surface area contributed by atoms with Gasteiger partial charge in [0.25, 0.3) is 0 Å². The second-order valence-electron chi connectivity index (χ2n) is 5.69. The van der Waals surface area contributed by atoms with Crippen LogP contribution in [0, 0.1) is 5.92 Å². The fraction of sp³-hybridized carbons (Fsp3) is 0.562. The highest BCUT2D eigenvalue weighted by Crippen LogP contribution is 2.25. The van der Waals surface area contributed by atoms with Gasteiger partial charge in [-0.05, 0) is 24.0 Å². The molecule has 1 aromatic rings. The molecule has 0 saturated heterocycles. The average Bonchev–Trinajstić information content (AvgIpc) is 2.96. The Labute approximate surface area is 104 Å². The molecule has 1 aromatic carbocycles. The average molecular weight is 228 g/mol. The van der Waals surface area contributed by atoms with E-state index in [0.29, 0.717) is 6.04 Å². The molecule has 0 heterocycles. The maximum atomic E-state index is 2.50. The highest BCUT2D eigenvalue weighted by molar-refractivity contribution is 5.55. The van der Waals surface area contributed by atoms with Gasteiger partial charge in [-0.1, -0.05) is 37.1 Å². The second-order valence-corrected chi connectivity index (χ2v) is 5.69. The van der Waals surface area contributed by atoms with Gasteiger partial charge in [-0.15, -0.1) is 0 Å². The monoisotopic (exact) mass is 228 g/mol. The van der Waals surface area contributed by atoms with E-state index in [1.165, 1.54) is 38.5 Å². The van der Waals surface area contributed by atoms with Gasteiger partial charge >= 0.3 is 0 Å². The van der Waals surface area contributed by atoms with Crippen LogP contribution >= 0.6 is 0 Å². The van der Waals surface area contributed by atoms with Crippen LogP contribution in [0.1, 0.15) is 36.8 Å². The van der Waals surface area contributed by atoms with Gasteiger partial charge in [0.15, 0.2) is 6.04 Å². The molecule has 0 amide bonds. The van der Waals surface area contributed by atoms with Gasteiger partial charge in [0.1, 0.15) is 13.3 Å². The first-order chi connectivity index (χ1) is 8.33. The van der Waals surface area contributed by atoms with E-state index in [-0.39, 0.29) is 0 Å². The molecule has 0 unspecified atom stereocenters. The van der Waals surface area contributed by atoms with E-state index in [2.05, 4.69) is 42.1 Å². The van der Waals surface area contributed by atoms with Crippen LogP contribution in [0.3, 0.4) is 0 Å². The van der Waals surface area contributed by atoms with Crippen LogP contribution in [-0.2, 0) is 12.8 Å². The molecule has 0 aliphatic heterocycles. The number of nitrogens with zero attached hydrogens (tertiary/aromatic N) is 1. The second kappa shape index (κ2) is 4.64. The standard InChI is InChI=1S/C16H22N/c1-17(12-13-6-2-3-7-13)16-10-14-8-4-5-9-15(14)11-16/h4-5,8-9,12-13,16H,2-3,6-7,10-11H2,1H3/q+1/b17-12-. The van der Waals surface area contributed by atoms with Gasteiger partial charge in [-0.25, -0.2) is 4.58 Å². The van der Waals surface area contributed by atoms with Gasteiger partial charge in [0, 0.05) is 18.8 Å². The van der Waals surface area contributed by atoms with E-state index in [0.717, 1.165) is 5.92 Å². The molecule has 0 aromatic heterocycles. The first kappa shape index (κ1) is 11.0. The number of benzene rings is 1. The third-order valence-corrected chi connectivity index (χ3v) is 4.45. The first-order valence-electron chi connectivity index (χ1n) is 6.96. The van der Waals surface area contributed by atoms with E-state index < -0.39 is 0 Å². The molecule has 1 nitrogen and oxygen atoms in total. The topological polar surface area (TPSA) is 3.01 Å². The molecule has 0 bridgehead atoms. The van der Waals surface area contributed by atoms with Crippen LogP contribution in [0.2, 0.25) is 0 Å². The summed E-state index contributed by atoms with van der Waals surface area (Å²) in [6.07, 6.45) is 10.6. The van der Waals surface area contributed by atoms with Crippen molar-refractivity contribution in [3.8, 4) is 0 Å². The largest absolute Gasteiger partial charge is 0.239 e. The van der Waals surface area contributed by atoms with Crippen molar-refractivity contribution in [1.29, 1.82) is 0 Å². The van der Waals surface area contributed by atoms with Gasteiger partial charge in [0.2, 0.25) is 0 Å². The van der Waals surface area contributed by atoms with Crippen LogP contribution in [0.15, 0.2) is 24.3 Å². The van der Waals surface area contributed by atoms with Crippen LogP contribution in [0.25, 0.3) is 0 Å². The molecule has 90 valence electrons. The summed E-state index contributed by atoms with van der Waals surface area (Å²) >= 11 is 0. The third-order valence-electron chi connectivity index (χ3n) is 4.45. The predicted molar refractivity (Wildman–Crippen MR) is 71.8 cm³/mol. The van der Waals surface area contributed by atoms with Crippen molar-refractivity contribution in [3.63, 3.8) is 0 Å². The number of likely N-dealkylation sites (N-methyl/N-ethyl adjacent to an activating group) is 1. The zero-order chi connectivity index (χ0) is 11.7. The highest BCUT2D eigenvalue weighted by atomic mass is 15.0. The van der Waals surface area contributed by atoms with E-state index in [9.17, 15) is 0 Å². The van der Waals surface area contributed by atoms with Crippen LogP contribution in [0.5, 0.6) is 0 Å². The predicted octanol–water partition coefficient (Wildman–Crippen LogP) is 3.06. The molecule has 1 heteroatoms. The van der Waals surface area contributed by atoms with Crippen molar-refractivity contribution in [2.45, 2.75) is 44.6 Å². The number of fused-ring (bicyclic) bond motifs is 1. The number of hydrogen-bond donors (Lipinski definition) is 0.